The summed E-state index contributed by atoms with van der Waals surface area (Å²) in [5.74, 6) is -4.87. The van der Waals surface area contributed by atoms with Gasteiger partial charge in [0.1, 0.15) is 5.82 Å². The van der Waals surface area contributed by atoms with Gasteiger partial charge in [-0.15, -0.1) is 0 Å². The topological polar surface area (TPSA) is 95.1 Å². The quantitative estimate of drug-likeness (QED) is 0.787. The number of rotatable bonds is 3. The van der Waals surface area contributed by atoms with Crippen molar-refractivity contribution in [1.29, 1.82) is 0 Å². The minimum Gasteiger partial charge on any atom is -0.478 e. The van der Waals surface area contributed by atoms with Crippen LogP contribution in [0.1, 0.15) is 20.7 Å². The highest BCUT2D eigenvalue weighted by atomic mass is 19.2. The molecule has 3 N–H and O–H groups in total. The number of aromatic nitrogens is 2. The molecular weight excluding hydrogens is 260 g/mol. The zero-order chi connectivity index (χ0) is 14.0. The summed E-state index contributed by atoms with van der Waals surface area (Å²) in [5.41, 5.74) is -1.11. The maximum Gasteiger partial charge on any atom is 0.336 e. The number of anilines is 1. The van der Waals surface area contributed by atoms with Crippen LogP contribution < -0.4 is 5.32 Å². The number of hydrogen-bond donors (Lipinski definition) is 3. The van der Waals surface area contributed by atoms with Gasteiger partial charge in [-0.2, -0.15) is 5.10 Å². The summed E-state index contributed by atoms with van der Waals surface area (Å²) in [6, 6.07) is 2.41. The lowest BCUT2D eigenvalue weighted by Gasteiger charge is -2.07. The third-order valence-corrected chi connectivity index (χ3v) is 2.28. The van der Waals surface area contributed by atoms with Gasteiger partial charge in [0.05, 0.1) is 17.3 Å². The third-order valence-electron chi connectivity index (χ3n) is 2.28. The molecule has 0 spiro atoms. The molecule has 2 rings (SSSR count). The molecule has 0 fully saturated rings. The lowest BCUT2D eigenvalue weighted by molar-refractivity contribution is 0.0691. The van der Waals surface area contributed by atoms with Gasteiger partial charge in [-0.3, -0.25) is 9.89 Å². The average molecular weight is 267 g/mol. The first-order valence-corrected chi connectivity index (χ1v) is 5.02. The molecule has 6 nitrogen and oxygen atoms in total. The monoisotopic (exact) mass is 267 g/mol. The molecule has 0 aliphatic carbocycles. The van der Waals surface area contributed by atoms with Gasteiger partial charge < -0.3 is 10.4 Å². The Balaban J connectivity index is 2.40. The number of benzene rings is 1. The number of amides is 1. The number of aromatic carboxylic acids is 1. The lowest BCUT2D eigenvalue weighted by Crippen LogP contribution is -2.17. The molecule has 0 saturated carbocycles. The van der Waals surface area contributed by atoms with Crippen molar-refractivity contribution in [2.24, 2.45) is 0 Å². The number of hydrogen-bond acceptors (Lipinski definition) is 3. The van der Waals surface area contributed by atoms with E-state index in [1.54, 1.807) is 0 Å². The fraction of sp³-hybridized carbons (Fsp3) is 0. The molecule has 0 bridgehead atoms. The molecule has 0 atom stereocenters. The van der Waals surface area contributed by atoms with Crippen LogP contribution in [-0.4, -0.2) is 27.2 Å². The summed E-state index contributed by atoms with van der Waals surface area (Å²) >= 11 is 0. The summed E-state index contributed by atoms with van der Waals surface area (Å²) in [4.78, 5) is 22.7. The van der Waals surface area contributed by atoms with E-state index in [0.717, 1.165) is 0 Å². The van der Waals surface area contributed by atoms with Crippen LogP contribution in [0.3, 0.4) is 0 Å². The minimum atomic E-state index is -1.53. The molecule has 1 aromatic carbocycles. The van der Waals surface area contributed by atoms with Gasteiger partial charge in [0.25, 0.3) is 5.91 Å². The van der Waals surface area contributed by atoms with E-state index in [1.807, 2.05) is 0 Å². The SMILES string of the molecule is O=C(O)c1cc(F)c(F)cc1C(=O)Nc1ccn[nH]1. The van der Waals surface area contributed by atoms with Crippen LogP contribution in [-0.2, 0) is 0 Å². The fourth-order valence-corrected chi connectivity index (χ4v) is 1.43. The first-order valence-electron chi connectivity index (χ1n) is 5.02. The molecule has 1 heterocycles. The second-order valence-electron chi connectivity index (χ2n) is 3.54. The number of halogens is 2. The van der Waals surface area contributed by atoms with Crippen LogP contribution in [0.5, 0.6) is 0 Å². The second kappa shape index (κ2) is 4.84. The number of carboxylic acids is 1. The van der Waals surface area contributed by atoms with Gasteiger partial charge in [0.15, 0.2) is 11.6 Å². The molecule has 2 aromatic rings. The molecule has 98 valence electrons. The Bertz CT molecular complexity index is 641. The van der Waals surface area contributed by atoms with Crippen LogP contribution in [0.25, 0.3) is 0 Å². The van der Waals surface area contributed by atoms with Crippen molar-refractivity contribution in [3.63, 3.8) is 0 Å². The normalized spacial score (nSPS) is 10.2. The van der Waals surface area contributed by atoms with Crippen LogP contribution in [0.15, 0.2) is 24.4 Å². The van der Waals surface area contributed by atoms with Crippen LogP contribution >= 0.6 is 0 Å². The Hall–Kier alpha value is -2.77. The Kier molecular flexibility index (Phi) is 3.23. The van der Waals surface area contributed by atoms with E-state index >= 15 is 0 Å². The number of aromatic amines is 1. The molecule has 1 aromatic heterocycles. The summed E-state index contributed by atoms with van der Waals surface area (Å²) in [6.07, 6.45) is 1.36. The Labute approximate surface area is 105 Å². The second-order valence-corrected chi connectivity index (χ2v) is 3.54. The number of carbonyl (C=O) groups is 2. The van der Waals surface area contributed by atoms with Crippen molar-refractivity contribution in [2.75, 3.05) is 5.32 Å². The highest BCUT2D eigenvalue weighted by Crippen LogP contribution is 2.16. The van der Waals surface area contributed by atoms with Crippen molar-refractivity contribution in [2.45, 2.75) is 0 Å². The van der Waals surface area contributed by atoms with Crippen LogP contribution in [0.2, 0.25) is 0 Å². The summed E-state index contributed by atoms with van der Waals surface area (Å²) in [6.45, 7) is 0. The smallest absolute Gasteiger partial charge is 0.336 e. The summed E-state index contributed by atoms with van der Waals surface area (Å²) in [7, 11) is 0. The molecule has 8 heteroatoms. The number of H-pyrrole nitrogens is 1. The number of nitrogens with one attached hydrogen (secondary N) is 2. The van der Waals surface area contributed by atoms with E-state index in [1.165, 1.54) is 12.3 Å². The predicted molar refractivity (Wildman–Crippen MR) is 59.9 cm³/mol. The molecule has 0 saturated heterocycles. The van der Waals surface area contributed by atoms with Crippen LogP contribution in [0.4, 0.5) is 14.6 Å². The lowest BCUT2D eigenvalue weighted by atomic mass is 10.1. The fourth-order valence-electron chi connectivity index (χ4n) is 1.43. The average Bonchev–Trinajstić information content (AvgIpc) is 2.84. The Morgan fingerprint density at radius 1 is 1.21 bits per heavy atom. The summed E-state index contributed by atoms with van der Waals surface area (Å²) in [5, 5.41) is 17.1. The number of carboxylic acid groups (broad SMARTS) is 1. The van der Waals surface area contributed by atoms with Crippen molar-refractivity contribution >= 4 is 17.7 Å². The van der Waals surface area contributed by atoms with Crippen molar-refractivity contribution in [3.8, 4) is 0 Å². The van der Waals surface area contributed by atoms with E-state index in [4.69, 9.17) is 5.11 Å². The van der Waals surface area contributed by atoms with Crippen LogP contribution in [0, 0.1) is 11.6 Å². The van der Waals surface area contributed by atoms with Gasteiger partial charge in [-0.1, -0.05) is 0 Å². The first-order chi connectivity index (χ1) is 8.99. The Morgan fingerprint density at radius 2 is 1.84 bits per heavy atom. The van der Waals surface area contributed by atoms with Gasteiger partial charge in [0.2, 0.25) is 0 Å². The van der Waals surface area contributed by atoms with Gasteiger partial charge in [-0.25, -0.2) is 13.6 Å². The maximum atomic E-state index is 13.1. The highest BCUT2D eigenvalue weighted by molar-refractivity contribution is 6.10. The minimum absolute atomic E-state index is 0.200. The molecule has 0 aliphatic rings. The molecule has 0 aliphatic heterocycles. The Morgan fingerprint density at radius 3 is 2.37 bits per heavy atom. The molecular formula is C11H7F2N3O3. The van der Waals surface area contributed by atoms with E-state index in [2.05, 4.69) is 15.5 Å². The third kappa shape index (κ3) is 2.57. The molecule has 1 amide bonds. The van der Waals surface area contributed by atoms with Gasteiger partial charge >= 0.3 is 5.97 Å². The summed E-state index contributed by atoms with van der Waals surface area (Å²) < 4.78 is 26.1. The maximum absolute atomic E-state index is 13.1. The van der Waals surface area contributed by atoms with Gasteiger partial charge in [-0.05, 0) is 12.1 Å². The predicted octanol–water partition coefficient (Wildman–Crippen LogP) is 1.64. The standard InChI is InChI=1S/C11H7F2N3O3/c12-7-3-5(6(11(18)19)4-8(7)13)10(17)15-9-1-2-14-16-9/h1-4H,(H,18,19)(H2,14,15,16,17). The van der Waals surface area contributed by atoms with E-state index in [9.17, 15) is 18.4 Å². The largest absolute Gasteiger partial charge is 0.478 e. The molecule has 0 unspecified atom stereocenters. The van der Waals surface area contributed by atoms with E-state index in [0.29, 0.717) is 12.1 Å². The number of carbonyl (C=O) groups excluding carboxylic acids is 1. The zero-order valence-electron chi connectivity index (χ0n) is 9.28. The van der Waals surface area contributed by atoms with Crippen molar-refractivity contribution < 1.29 is 23.5 Å². The first kappa shape index (κ1) is 12.7. The van der Waals surface area contributed by atoms with Crippen molar-refractivity contribution in [3.05, 3.63) is 47.2 Å². The molecule has 19 heavy (non-hydrogen) atoms. The van der Waals surface area contributed by atoms with Crippen molar-refractivity contribution in [1.82, 2.24) is 10.2 Å². The highest BCUT2D eigenvalue weighted by Gasteiger charge is 2.20. The van der Waals surface area contributed by atoms with E-state index < -0.39 is 34.6 Å². The van der Waals surface area contributed by atoms with E-state index in [-0.39, 0.29) is 5.82 Å². The number of nitrogens with zero attached hydrogens (tertiary/aromatic N) is 1. The zero-order valence-corrected chi connectivity index (χ0v) is 9.28. The van der Waals surface area contributed by atoms with Gasteiger partial charge in [0, 0.05) is 6.07 Å². The molecule has 0 radical (unpaired) electrons.